The van der Waals surface area contributed by atoms with Gasteiger partial charge in [0.1, 0.15) is 9.23 Å². The van der Waals surface area contributed by atoms with Crippen LogP contribution in [-0.2, 0) is 21.2 Å². The van der Waals surface area contributed by atoms with E-state index in [1.54, 1.807) is 12.1 Å². The Labute approximate surface area is 151 Å². The van der Waals surface area contributed by atoms with E-state index in [1.807, 2.05) is 4.72 Å². The van der Waals surface area contributed by atoms with Crippen molar-refractivity contribution >= 4 is 62.1 Å². The third-order valence-corrected chi connectivity index (χ3v) is 6.49. The summed E-state index contributed by atoms with van der Waals surface area (Å²) in [6.45, 7) is 0. The molecule has 2 heterocycles. The lowest BCUT2D eigenvalue weighted by Crippen LogP contribution is -2.30. The van der Waals surface area contributed by atoms with E-state index in [9.17, 15) is 18.0 Å². The van der Waals surface area contributed by atoms with Crippen LogP contribution in [0.5, 0.6) is 0 Å². The molecule has 126 valence electrons. The average molecular weight is 405 g/mol. The van der Waals surface area contributed by atoms with Gasteiger partial charge in [0.15, 0.2) is 0 Å². The minimum absolute atomic E-state index is 0.0200. The fraction of sp³-hybridized carbons (Fsp3) is 0.143. The van der Waals surface area contributed by atoms with Crippen LogP contribution in [-0.4, -0.2) is 20.2 Å². The molecule has 0 fully saturated rings. The lowest BCUT2D eigenvalue weighted by atomic mass is 10.0. The van der Waals surface area contributed by atoms with E-state index >= 15 is 0 Å². The van der Waals surface area contributed by atoms with E-state index < -0.39 is 15.9 Å². The molecule has 6 nitrogen and oxygen atoms in total. The highest BCUT2D eigenvalue weighted by Crippen LogP contribution is 2.34. The summed E-state index contributed by atoms with van der Waals surface area (Å²) in [5.74, 6) is -0.876. The Morgan fingerprint density at radius 1 is 1.21 bits per heavy atom. The van der Waals surface area contributed by atoms with E-state index in [2.05, 4.69) is 5.32 Å². The number of fused-ring (bicyclic) bond motifs is 1. The van der Waals surface area contributed by atoms with Crippen molar-refractivity contribution in [1.82, 2.24) is 4.72 Å². The van der Waals surface area contributed by atoms with Crippen LogP contribution in [0.15, 0.2) is 29.2 Å². The third-order valence-electron chi connectivity index (χ3n) is 3.40. The molecular weight excluding hydrogens is 395 g/mol. The van der Waals surface area contributed by atoms with Crippen LogP contribution in [0, 0.1) is 0 Å². The number of hydrogen-bond donors (Lipinski definition) is 2. The molecule has 0 aliphatic carbocycles. The molecule has 0 atom stereocenters. The van der Waals surface area contributed by atoms with Crippen molar-refractivity contribution < 1.29 is 18.0 Å². The Kier molecular flexibility index (Phi) is 4.56. The van der Waals surface area contributed by atoms with E-state index in [1.165, 1.54) is 12.1 Å². The molecule has 1 aliphatic rings. The average Bonchev–Trinajstić information content (AvgIpc) is 2.85. The van der Waals surface area contributed by atoms with Gasteiger partial charge in [-0.1, -0.05) is 23.2 Å². The van der Waals surface area contributed by atoms with Crippen molar-refractivity contribution in [3.05, 3.63) is 44.1 Å². The predicted octanol–water partition coefficient (Wildman–Crippen LogP) is 3.06. The maximum atomic E-state index is 12.3. The molecule has 2 amide bonds. The zero-order chi connectivity index (χ0) is 17.5. The highest BCUT2D eigenvalue weighted by molar-refractivity contribution is 7.90. The second-order valence-electron chi connectivity index (χ2n) is 5.04. The van der Waals surface area contributed by atoms with Crippen molar-refractivity contribution in [2.24, 2.45) is 0 Å². The number of carbonyl (C=O) groups is 2. The van der Waals surface area contributed by atoms with Gasteiger partial charge in [-0.2, -0.15) is 0 Å². The van der Waals surface area contributed by atoms with Gasteiger partial charge in [0.25, 0.3) is 15.9 Å². The van der Waals surface area contributed by atoms with Gasteiger partial charge in [0.05, 0.1) is 4.34 Å². The van der Waals surface area contributed by atoms with Gasteiger partial charge in [0.2, 0.25) is 5.91 Å². The summed E-state index contributed by atoms with van der Waals surface area (Å²) >= 11 is 12.5. The molecule has 1 aromatic heterocycles. The van der Waals surface area contributed by atoms with Gasteiger partial charge in [-0.25, -0.2) is 13.1 Å². The molecule has 0 saturated carbocycles. The summed E-state index contributed by atoms with van der Waals surface area (Å²) in [5.41, 5.74) is 1.57. The number of halogens is 2. The van der Waals surface area contributed by atoms with Crippen LogP contribution < -0.4 is 10.0 Å². The van der Waals surface area contributed by atoms with E-state index in [-0.39, 0.29) is 25.0 Å². The summed E-state index contributed by atoms with van der Waals surface area (Å²) in [7, 11) is -4.12. The number of benzene rings is 1. The van der Waals surface area contributed by atoms with Crippen molar-refractivity contribution in [3.8, 4) is 0 Å². The number of aryl methyl sites for hydroxylation is 1. The number of hydrogen-bond acceptors (Lipinski definition) is 5. The second-order valence-corrected chi connectivity index (χ2v) is 8.98. The summed E-state index contributed by atoms with van der Waals surface area (Å²) in [5, 5.41) is 2.69. The molecule has 24 heavy (non-hydrogen) atoms. The minimum atomic E-state index is -4.12. The fourth-order valence-corrected chi connectivity index (χ4v) is 5.39. The number of sulfonamides is 1. The molecular formula is C14H10Cl2N2O4S2. The quantitative estimate of drug-likeness (QED) is 0.821. The number of thiophene rings is 1. The maximum Gasteiger partial charge on any atom is 0.266 e. The second kappa shape index (κ2) is 6.36. The van der Waals surface area contributed by atoms with Crippen molar-refractivity contribution in [2.75, 3.05) is 5.32 Å². The first-order valence-corrected chi connectivity index (χ1v) is 9.76. The fourth-order valence-electron chi connectivity index (χ4n) is 2.27. The highest BCUT2D eigenvalue weighted by Gasteiger charge is 2.25. The predicted molar refractivity (Wildman–Crippen MR) is 92.4 cm³/mol. The molecule has 0 saturated heterocycles. The molecule has 3 rings (SSSR count). The molecule has 2 N–H and O–H groups in total. The first-order chi connectivity index (χ1) is 11.3. The summed E-state index contributed by atoms with van der Waals surface area (Å²) in [4.78, 5) is 23.3. The van der Waals surface area contributed by atoms with Gasteiger partial charge in [0, 0.05) is 17.7 Å². The van der Waals surface area contributed by atoms with Crippen molar-refractivity contribution in [3.63, 3.8) is 0 Å². The van der Waals surface area contributed by atoms with Crippen molar-refractivity contribution in [1.29, 1.82) is 0 Å². The first-order valence-electron chi connectivity index (χ1n) is 6.71. The molecule has 1 aromatic carbocycles. The summed E-state index contributed by atoms with van der Waals surface area (Å²) < 4.78 is 26.7. The topological polar surface area (TPSA) is 92.3 Å². The van der Waals surface area contributed by atoms with Crippen LogP contribution in [0.25, 0.3) is 0 Å². The molecule has 2 aromatic rings. The zero-order valence-corrected chi connectivity index (χ0v) is 15.1. The lowest BCUT2D eigenvalue weighted by molar-refractivity contribution is -0.116. The molecule has 10 heteroatoms. The normalized spacial score (nSPS) is 14.0. The number of anilines is 1. The Morgan fingerprint density at radius 3 is 2.62 bits per heavy atom. The molecule has 1 aliphatic heterocycles. The third kappa shape index (κ3) is 3.41. The Balaban J connectivity index is 1.85. The van der Waals surface area contributed by atoms with E-state index in [0.717, 1.165) is 16.9 Å². The van der Waals surface area contributed by atoms with Crippen LogP contribution in [0.3, 0.4) is 0 Å². The van der Waals surface area contributed by atoms with E-state index in [4.69, 9.17) is 23.2 Å². The van der Waals surface area contributed by atoms with Gasteiger partial charge in [-0.15, -0.1) is 11.3 Å². The first kappa shape index (κ1) is 17.2. The highest BCUT2D eigenvalue weighted by atomic mass is 35.5. The SMILES string of the molecule is O=C1CCc2cc(C(=O)NS(=O)(=O)c3cc(Cl)sc3Cl)ccc2N1. The largest absolute Gasteiger partial charge is 0.326 e. The van der Waals surface area contributed by atoms with Crippen LogP contribution in [0.2, 0.25) is 8.67 Å². The van der Waals surface area contributed by atoms with Gasteiger partial charge in [-0.3, -0.25) is 9.59 Å². The Bertz CT molecular complexity index is 954. The standard InChI is InChI=1S/C14H10Cl2N2O4S2/c15-11-6-10(13(16)23-11)24(21,22)18-14(20)8-1-3-9-7(5-8)2-4-12(19)17-9/h1,3,5-6H,2,4H2,(H,17,19)(H,18,20). The zero-order valence-electron chi connectivity index (χ0n) is 11.9. The number of nitrogens with one attached hydrogen (secondary N) is 2. The number of rotatable bonds is 3. The molecule has 0 unspecified atom stereocenters. The molecule has 0 spiro atoms. The number of amides is 2. The van der Waals surface area contributed by atoms with Crippen LogP contribution in [0.4, 0.5) is 5.69 Å². The van der Waals surface area contributed by atoms with Crippen LogP contribution >= 0.6 is 34.5 Å². The maximum absolute atomic E-state index is 12.3. The Morgan fingerprint density at radius 2 is 1.96 bits per heavy atom. The summed E-state index contributed by atoms with van der Waals surface area (Å²) in [6, 6.07) is 5.76. The number of carbonyl (C=O) groups excluding carboxylic acids is 2. The van der Waals surface area contributed by atoms with Crippen molar-refractivity contribution in [2.45, 2.75) is 17.7 Å². The molecule has 0 bridgehead atoms. The summed E-state index contributed by atoms with van der Waals surface area (Å²) in [6.07, 6.45) is 0.806. The Hall–Kier alpha value is -1.61. The van der Waals surface area contributed by atoms with Gasteiger partial charge in [-0.05, 0) is 36.2 Å². The lowest BCUT2D eigenvalue weighted by Gasteiger charge is -2.17. The van der Waals surface area contributed by atoms with Gasteiger partial charge >= 0.3 is 0 Å². The monoisotopic (exact) mass is 404 g/mol. The van der Waals surface area contributed by atoms with E-state index in [0.29, 0.717) is 18.5 Å². The smallest absolute Gasteiger partial charge is 0.266 e. The molecule has 0 radical (unpaired) electrons. The minimum Gasteiger partial charge on any atom is -0.326 e. The van der Waals surface area contributed by atoms with Crippen LogP contribution in [0.1, 0.15) is 22.3 Å². The van der Waals surface area contributed by atoms with Gasteiger partial charge < -0.3 is 5.32 Å².